The van der Waals surface area contributed by atoms with Gasteiger partial charge < -0.3 is 18.9 Å². The number of benzene rings is 2. The number of methoxy groups -OCH3 is 2. The molecule has 2 heterocycles. The molecule has 1 aliphatic rings. The Balaban J connectivity index is 1.43. The van der Waals surface area contributed by atoms with Gasteiger partial charge in [0.1, 0.15) is 5.82 Å². The summed E-state index contributed by atoms with van der Waals surface area (Å²) in [5, 5.41) is 4.11. The number of hydrogen-bond donors (Lipinski definition) is 0. The lowest BCUT2D eigenvalue weighted by molar-refractivity contribution is -0.131. The summed E-state index contributed by atoms with van der Waals surface area (Å²) in [5.41, 5.74) is 1.53. The van der Waals surface area contributed by atoms with Gasteiger partial charge in [-0.2, -0.15) is 4.98 Å². The summed E-state index contributed by atoms with van der Waals surface area (Å²) in [7, 11) is 3.15. The minimum absolute atomic E-state index is 0.000974. The van der Waals surface area contributed by atoms with Crippen LogP contribution < -0.4 is 9.47 Å². The fraction of sp³-hybridized carbons (Fsp3) is 0.348. The molecule has 1 fully saturated rings. The van der Waals surface area contributed by atoms with Crippen LogP contribution >= 0.6 is 0 Å². The third-order valence-corrected chi connectivity index (χ3v) is 5.48. The van der Waals surface area contributed by atoms with Crippen molar-refractivity contribution in [2.75, 3.05) is 27.3 Å². The molecule has 3 aromatic rings. The number of ether oxygens (including phenoxy) is 2. The Morgan fingerprint density at radius 2 is 1.94 bits per heavy atom. The quantitative estimate of drug-likeness (QED) is 0.597. The lowest BCUT2D eigenvalue weighted by atomic mass is 9.96. The van der Waals surface area contributed by atoms with Gasteiger partial charge in [-0.15, -0.1) is 0 Å². The number of carbonyl (C=O) groups excluding carboxylic acids is 1. The smallest absolute Gasteiger partial charge is 0.257 e. The zero-order valence-electron chi connectivity index (χ0n) is 17.5. The Morgan fingerprint density at radius 1 is 1.16 bits per heavy atom. The van der Waals surface area contributed by atoms with Crippen LogP contribution in [-0.4, -0.2) is 48.3 Å². The van der Waals surface area contributed by atoms with Gasteiger partial charge in [-0.05, 0) is 54.8 Å². The van der Waals surface area contributed by atoms with Crippen molar-refractivity contribution in [2.24, 2.45) is 0 Å². The summed E-state index contributed by atoms with van der Waals surface area (Å²) in [5.74, 6) is 1.88. The van der Waals surface area contributed by atoms with Gasteiger partial charge in [-0.3, -0.25) is 4.79 Å². The van der Waals surface area contributed by atoms with E-state index in [0.29, 0.717) is 41.9 Å². The van der Waals surface area contributed by atoms with E-state index < -0.39 is 0 Å². The number of piperidine rings is 1. The first kappa shape index (κ1) is 20.8. The molecule has 0 radical (unpaired) electrons. The van der Waals surface area contributed by atoms with E-state index in [2.05, 4.69) is 10.1 Å². The molecule has 31 heavy (non-hydrogen) atoms. The molecule has 1 aromatic heterocycles. The van der Waals surface area contributed by atoms with E-state index >= 15 is 0 Å². The zero-order valence-corrected chi connectivity index (χ0v) is 17.5. The molecule has 7 nitrogen and oxygen atoms in total. The average Bonchev–Trinajstić information content (AvgIpc) is 3.30. The highest BCUT2D eigenvalue weighted by Gasteiger charge is 2.28. The van der Waals surface area contributed by atoms with Gasteiger partial charge in [-0.25, -0.2) is 4.39 Å². The molecule has 8 heteroatoms. The fourth-order valence-corrected chi connectivity index (χ4v) is 3.80. The molecule has 0 N–H and O–H groups in total. The van der Waals surface area contributed by atoms with Gasteiger partial charge in [0, 0.05) is 24.6 Å². The maximum atomic E-state index is 13.1. The minimum Gasteiger partial charge on any atom is -0.493 e. The number of halogens is 1. The number of rotatable bonds is 6. The van der Waals surface area contributed by atoms with Crippen LogP contribution in [0.3, 0.4) is 0 Å². The largest absolute Gasteiger partial charge is 0.493 e. The van der Waals surface area contributed by atoms with Crippen LogP contribution in [0.15, 0.2) is 47.0 Å². The summed E-state index contributed by atoms with van der Waals surface area (Å²) in [6.07, 6.45) is 2.02. The van der Waals surface area contributed by atoms with E-state index in [1.54, 1.807) is 32.4 Å². The molecule has 0 saturated carbocycles. The van der Waals surface area contributed by atoms with Crippen molar-refractivity contribution < 1.29 is 23.2 Å². The summed E-state index contributed by atoms with van der Waals surface area (Å²) in [6, 6.07) is 11.4. The van der Waals surface area contributed by atoms with Crippen molar-refractivity contribution in [2.45, 2.75) is 25.2 Å². The predicted molar refractivity (Wildman–Crippen MR) is 111 cm³/mol. The Labute approximate surface area is 179 Å². The summed E-state index contributed by atoms with van der Waals surface area (Å²) >= 11 is 0. The second-order valence-corrected chi connectivity index (χ2v) is 7.51. The highest BCUT2D eigenvalue weighted by molar-refractivity contribution is 5.79. The van der Waals surface area contributed by atoms with Crippen LogP contribution in [0.25, 0.3) is 11.5 Å². The topological polar surface area (TPSA) is 77.7 Å². The van der Waals surface area contributed by atoms with Gasteiger partial charge in [0.2, 0.25) is 5.91 Å². The van der Waals surface area contributed by atoms with Gasteiger partial charge >= 0.3 is 0 Å². The van der Waals surface area contributed by atoms with Crippen molar-refractivity contribution in [1.29, 1.82) is 0 Å². The number of aromatic nitrogens is 2. The van der Waals surface area contributed by atoms with E-state index in [0.717, 1.165) is 18.4 Å². The molecule has 2 aromatic carbocycles. The normalized spacial score (nSPS) is 16.2. The molecule has 0 spiro atoms. The Kier molecular flexibility index (Phi) is 6.16. The Bertz CT molecular complexity index is 1050. The van der Waals surface area contributed by atoms with Crippen molar-refractivity contribution in [3.05, 3.63) is 59.7 Å². The molecule has 1 aliphatic heterocycles. The molecule has 1 atom stereocenters. The SMILES string of the molecule is COc1ccc(CC(=O)N2CCCC(c3noc(-c4ccc(F)cc4)n3)C2)cc1OC. The van der Waals surface area contributed by atoms with Crippen molar-refractivity contribution >= 4 is 5.91 Å². The first-order valence-corrected chi connectivity index (χ1v) is 10.2. The second kappa shape index (κ2) is 9.16. The molecule has 1 saturated heterocycles. The van der Waals surface area contributed by atoms with Crippen LogP contribution in [0.1, 0.15) is 30.1 Å². The average molecular weight is 425 g/mol. The van der Waals surface area contributed by atoms with Crippen LogP contribution in [0, 0.1) is 5.82 Å². The number of hydrogen-bond acceptors (Lipinski definition) is 6. The number of carbonyl (C=O) groups is 1. The van der Waals surface area contributed by atoms with Gasteiger partial charge in [0.25, 0.3) is 5.89 Å². The van der Waals surface area contributed by atoms with Crippen LogP contribution in [0.2, 0.25) is 0 Å². The number of amides is 1. The third-order valence-electron chi connectivity index (χ3n) is 5.48. The first-order valence-electron chi connectivity index (χ1n) is 10.2. The molecule has 162 valence electrons. The van der Waals surface area contributed by atoms with E-state index in [4.69, 9.17) is 14.0 Å². The predicted octanol–water partition coefficient (Wildman–Crippen LogP) is 3.84. The van der Waals surface area contributed by atoms with Crippen molar-refractivity contribution in [3.63, 3.8) is 0 Å². The first-order chi connectivity index (χ1) is 15.1. The highest BCUT2D eigenvalue weighted by Crippen LogP contribution is 2.30. The van der Waals surface area contributed by atoms with Crippen molar-refractivity contribution in [3.8, 4) is 23.0 Å². The van der Waals surface area contributed by atoms with E-state index in [-0.39, 0.29) is 24.1 Å². The van der Waals surface area contributed by atoms with E-state index in [9.17, 15) is 9.18 Å². The molecule has 1 unspecified atom stereocenters. The third kappa shape index (κ3) is 4.68. The van der Waals surface area contributed by atoms with Gasteiger partial charge in [-0.1, -0.05) is 11.2 Å². The molecule has 1 amide bonds. The molecule has 0 aliphatic carbocycles. The van der Waals surface area contributed by atoms with Crippen LogP contribution in [0.4, 0.5) is 4.39 Å². The lowest BCUT2D eigenvalue weighted by Crippen LogP contribution is -2.40. The lowest BCUT2D eigenvalue weighted by Gasteiger charge is -2.31. The standard InChI is InChI=1S/C23H24FN3O4/c1-29-19-10-5-15(12-20(19)30-2)13-21(28)27-11-3-4-17(14-27)22-25-23(31-26-22)16-6-8-18(24)9-7-16/h5-10,12,17H,3-4,11,13-14H2,1-2H3. The number of nitrogens with zero attached hydrogens (tertiary/aromatic N) is 3. The van der Waals surface area contributed by atoms with Crippen molar-refractivity contribution in [1.82, 2.24) is 15.0 Å². The molecular formula is C23H24FN3O4. The fourth-order valence-electron chi connectivity index (χ4n) is 3.80. The summed E-state index contributed by atoms with van der Waals surface area (Å²) < 4.78 is 29.1. The van der Waals surface area contributed by atoms with Gasteiger partial charge in [0.05, 0.1) is 20.6 Å². The second-order valence-electron chi connectivity index (χ2n) is 7.51. The zero-order chi connectivity index (χ0) is 21.8. The molecular weight excluding hydrogens is 401 g/mol. The Morgan fingerprint density at radius 3 is 2.68 bits per heavy atom. The highest BCUT2D eigenvalue weighted by atomic mass is 19.1. The van der Waals surface area contributed by atoms with Crippen LogP contribution in [0.5, 0.6) is 11.5 Å². The Hall–Kier alpha value is -3.42. The van der Waals surface area contributed by atoms with Crippen LogP contribution in [-0.2, 0) is 11.2 Å². The summed E-state index contributed by atoms with van der Waals surface area (Å²) in [6.45, 7) is 1.24. The van der Waals surface area contributed by atoms with E-state index in [1.807, 2.05) is 17.0 Å². The number of likely N-dealkylation sites (tertiary alicyclic amines) is 1. The monoisotopic (exact) mass is 425 g/mol. The van der Waals surface area contributed by atoms with E-state index in [1.165, 1.54) is 12.1 Å². The van der Waals surface area contributed by atoms with Gasteiger partial charge in [0.15, 0.2) is 17.3 Å². The molecule has 0 bridgehead atoms. The maximum absolute atomic E-state index is 13.1. The maximum Gasteiger partial charge on any atom is 0.257 e. The summed E-state index contributed by atoms with van der Waals surface area (Å²) in [4.78, 5) is 19.2. The molecule has 4 rings (SSSR count). The minimum atomic E-state index is -0.320.